The number of hydrogen-bond donors (Lipinski definition) is 0. The zero-order chi connectivity index (χ0) is 10.2. The van der Waals surface area contributed by atoms with Gasteiger partial charge in [0.05, 0.1) is 0 Å². The van der Waals surface area contributed by atoms with Crippen molar-refractivity contribution in [1.82, 2.24) is 0 Å². The largest absolute Gasteiger partial charge is 0.226 e. The molecule has 0 aliphatic carbocycles. The van der Waals surface area contributed by atoms with Gasteiger partial charge in [0.25, 0.3) is 0 Å². The summed E-state index contributed by atoms with van der Waals surface area (Å²) in [5.74, 6) is 0. The second-order valence-corrected chi connectivity index (χ2v) is 2.55. The second kappa shape index (κ2) is 8.94. The quantitative estimate of drug-likeness (QED) is 0.546. The van der Waals surface area contributed by atoms with Gasteiger partial charge in [0.2, 0.25) is 0 Å². The van der Waals surface area contributed by atoms with E-state index in [2.05, 4.69) is 27.6 Å². The minimum atomic E-state index is 0. The number of benzene rings is 2. The molecule has 0 amide bonds. The predicted molar refractivity (Wildman–Crippen MR) is 61.1 cm³/mol. The molecule has 0 aromatic heterocycles. The third-order valence-corrected chi connectivity index (χ3v) is 1.71. The van der Waals surface area contributed by atoms with Gasteiger partial charge in [-0.25, -0.2) is 11.1 Å². The van der Waals surface area contributed by atoms with Crippen LogP contribution in [-0.2, 0) is 32.7 Å². The van der Waals surface area contributed by atoms with E-state index in [0.717, 1.165) is 11.1 Å². The fourth-order valence-corrected chi connectivity index (χ4v) is 1.12. The molecule has 2 rings (SSSR count). The fraction of sp³-hybridized carbons (Fsp3) is 0. The molecule has 0 unspecified atom stereocenters. The van der Waals surface area contributed by atoms with Gasteiger partial charge in [-0.1, -0.05) is 0 Å². The van der Waals surface area contributed by atoms with Crippen LogP contribution in [0.15, 0.2) is 48.5 Å². The molecule has 0 saturated carbocycles. The third-order valence-electron chi connectivity index (χ3n) is 1.71. The van der Waals surface area contributed by atoms with E-state index in [1.165, 1.54) is 0 Å². The molecule has 0 N–H and O–H groups in total. The van der Waals surface area contributed by atoms with Crippen molar-refractivity contribution >= 4 is 15.5 Å². The minimum Gasteiger partial charge on any atom is -0.226 e. The van der Waals surface area contributed by atoms with E-state index >= 15 is 0 Å². The summed E-state index contributed by atoms with van der Waals surface area (Å²) in [6.45, 7) is 0. The Kier molecular flexibility index (Phi) is 8.75. The SMILES string of the molecule is [B][B].[Y].[c-]1ccccc1-c1[c-]cccc1. The summed E-state index contributed by atoms with van der Waals surface area (Å²) < 4.78 is 0. The van der Waals surface area contributed by atoms with Crippen molar-refractivity contribution in [3.63, 3.8) is 0 Å². The molecule has 0 bridgehead atoms. The first-order valence-corrected chi connectivity index (χ1v) is 4.24. The molecule has 2 aromatic rings. The van der Waals surface area contributed by atoms with Gasteiger partial charge < -0.3 is 0 Å². The van der Waals surface area contributed by atoms with Crippen molar-refractivity contribution in [2.24, 2.45) is 0 Å². The molecule has 0 fully saturated rings. The first kappa shape index (κ1) is 14.7. The Labute approximate surface area is 119 Å². The smallest absolute Gasteiger partial charge is 0 e. The fourth-order valence-electron chi connectivity index (χ4n) is 1.12. The van der Waals surface area contributed by atoms with Crippen LogP contribution in [0.4, 0.5) is 0 Å². The van der Waals surface area contributed by atoms with Crippen LogP contribution in [0.5, 0.6) is 0 Å². The first-order chi connectivity index (χ1) is 6.97. The van der Waals surface area contributed by atoms with E-state index in [0.29, 0.717) is 0 Å². The Morgan fingerprint density at radius 2 is 1.13 bits per heavy atom. The molecule has 15 heavy (non-hydrogen) atoms. The maximum atomic E-state index is 4.00. The maximum Gasteiger partial charge on any atom is 0 e. The molecule has 3 heteroatoms. The van der Waals surface area contributed by atoms with E-state index < -0.39 is 0 Å². The van der Waals surface area contributed by atoms with Gasteiger partial charge in [-0.2, -0.15) is 48.5 Å². The monoisotopic (exact) mass is 263 g/mol. The van der Waals surface area contributed by atoms with Crippen LogP contribution in [0.2, 0.25) is 0 Å². The summed E-state index contributed by atoms with van der Waals surface area (Å²) in [5.41, 5.74) is 2.19. The minimum absolute atomic E-state index is 0. The maximum absolute atomic E-state index is 4.00. The predicted octanol–water partition coefficient (Wildman–Crippen LogP) is 2.19. The van der Waals surface area contributed by atoms with E-state index in [1.54, 1.807) is 0 Å². The van der Waals surface area contributed by atoms with Crippen LogP contribution >= 0.6 is 0 Å². The van der Waals surface area contributed by atoms with Crippen molar-refractivity contribution in [3.8, 4) is 11.1 Å². The summed E-state index contributed by atoms with van der Waals surface area (Å²) in [6, 6.07) is 22.1. The molecule has 67 valence electrons. The van der Waals surface area contributed by atoms with E-state index in [9.17, 15) is 0 Å². The normalized spacial score (nSPS) is 8.00. The number of rotatable bonds is 1. The first-order valence-electron chi connectivity index (χ1n) is 4.24. The van der Waals surface area contributed by atoms with Crippen LogP contribution in [0.1, 0.15) is 0 Å². The van der Waals surface area contributed by atoms with Crippen LogP contribution in [0, 0.1) is 12.1 Å². The molecule has 0 aliphatic heterocycles. The zero-order valence-electron chi connectivity index (χ0n) is 8.35. The van der Waals surface area contributed by atoms with E-state index in [-0.39, 0.29) is 32.7 Å². The van der Waals surface area contributed by atoms with Gasteiger partial charge in [-0.3, -0.25) is 0 Å². The van der Waals surface area contributed by atoms with Gasteiger partial charge in [0, 0.05) is 48.2 Å². The Morgan fingerprint density at radius 1 is 0.733 bits per heavy atom. The van der Waals surface area contributed by atoms with Crippen molar-refractivity contribution in [1.29, 1.82) is 0 Å². The Balaban J connectivity index is 0.000000617. The molecule has 0 saturated heterocycles. The Hall–Kier alpha value is -0.326. The Bertz CT molecular complexity index is 311. The average molecular weight is 263 g/mol. The average Bonchev–Trinajstić information content (AvgIpc) is 2.34. The second-order valence-electron chi connectivity index (χ2n) is 2.55. The standard InChI is InChI=1S/C12H8.B2.Y/c1-3-7-11(8-4-1)12-9-5-2-6-10-12;1-2;/h1-7,9H;;/q-2;;. The molecule has 0 atom stereocenters. The van der Waals surface area contributed by atoms with Crippen molar-refractivity contribution in [3.05, 3.63) is 60.7 Å². The molecular weight excluding hydrogens is 255 g/mol. The molecule has 0 spiro atoms. The third kappa shape index (κ3) is 4.81. The van der Waals surface area contributed by atoms with Gasteiger partial charge in [0.1, 0.15) is 0 Å². The summed E-state index contributed by atoms with van der Waals surface area (Å²) in [6.07, 6.45) is 0. The number of hydrogen-bond acceptors (Lipinski definition) is 0. The summed E-state index contributed by atoms with van der Waals surface area (Å²) in [4.78, 5) is 0. The summed E-state index contributed by atoms with van der Waals surface area (Å²) in [7, 11) is 8.00. The van der Waals surface area contributed by atoms with Gasteiger partial charge in [0.15, 0.2) is 0 Å². The summed E-state index contributed by atoms with van der Waals surface area (Å²) in [5, 5.41) is 0. The van der Waals surface area contributed by atoms with Crippen LogP contribution in [0.3, 0.4) is 0 Å². The molecule has 2 aromatic carbocycles. The molecular formula is C12H8B2Y-2. The molecule has 5 radical (unpaired) electrons. The van der Waals surface area contributed by atoms with Gasteiger partial charge >= 0.3 is 0 Å². The summed E-state index contributed by atoms with van der Waals surface area (Å²) >= 11 is 0. The molecule has 0 heterocycles. The van der Waals surface area contributed by atoms with E-state index in [4.69, 9.17) is 0 Å². The Morgan fingerprint density at radius 3 is 1.40 bits per heavy atom. The van der Waals surface area contributed by atoms with Crippen molar-refractivity contribution < 1.29 is 32.7 Å². The topological polar surface area (TPSA) is 0 Å². The van der Waals surface area contributed by atoms with Crippen LogP contribution in [0.25, 0.3) is 11.1 Å². The van der Waals surface area contributed by atoms with Crippen molar-refractivity contribution in [2.75, 3.05) is 0 Å². The van der Waals surface area contributed by atoms with E-state index in [1.807, 2.05) is 48.5 Å². The zero-order valence-corrected chi connectivity index (χ0v) is 11.2. The van der Waals surface area contributed by atoms with Crippen molar-refractivity contribution in [2.45, 2.75) is 0 Å². The molecule has 0 aliphatic rings. The van der Waals surface area contributed by atoms with Crippen LogP contribution in [-0.4, -0.2) is 15.5 Å². The molecule has 0 nitrogen and oxygen atoms in total. The van der Waals surface area contributed by atoms with Crippen LogP contribution < -0.4 is 0 Å². The van der Waals surface area contributed by atoms with Gasteiger partial charge in [-0.05, 0) is 0 Å². The van der Waals surface area contributed by atoms with Gasteiger partial charge in [-0.15, -0.1) is 12.1 Å².